The molecule has 18 heavy (non-hydrogen) atoms. The van der Waals surface area contributed by atoms with Crippen molar-refractivity contribution in [1.82, 2.24) is 5.32 Å². The van der Waals surface area contributed by atoms with Crippen molar-refractivity contribution in [2.45, 2.75) is 45.3 Å². The van der Waals surface area contributed by atoms with Crippen LogP contribution < -0.4 is 11.1 Å². The second kappa shape index (κ2) is 4.35. The average molecular weight is 252 g/mol. The molecule has 0 aromatic heterocycles. The van der Waals surface area contributed by atoms with Crippen LogP contribution in [0.3, 0.4) is 0 Å². The van der Waals surface area contributed by atoms with Gasteiger partial charge in [0.15, 0.2) is 0 Å². The van der Waals surface area contributed by atoms with Gasteiger partial charge in [0, 0.05) is 24.5 Å². The highest BCUT2D eigenvalue weighted by Gasteiger charge is 2.70. The van der Waals surface area contributed by atoms with Crippen LogP contribution in [-0.2, 0) is 9.53 Å². The lowest BCUT2D eigenvalue weighted by atomic mass is 9.46. The number of rotatable bonds is 3. The lowest BCUT2D eigenvalue weighted by Crippen LogP contribution is -2.82. The number of hydrogen-bond donors (Lipinski definition) is 2. The molecule has 2 fully saturated rings. The molecule has 1 saturated carbocycles. The first-order valence-corrected chi connectivity index (χ1v) is 6.65. The van der Waals surface area contributed by atoms with Gasteiger partial charge in [0.1, 0.15) is 5.54 Å². The number of carbonyl (C=O) groups is 1. The summed E-state index contributed by atoms with van der Waals surface area (Å²) in [6.45, 7) is 11.0. The predicted molar refractivity (Wildman–Crippen MR) is 71.0 cm³/mol. The molecular formula is C14H24N2O2. The van der Waals surface area contributed by atoms with E-state index in [1.54, 1.807) is 0 Å². The van der Waals surface area contributed by atoms with Crippen molar-refractivity contribution in [3.05, 3.63) is 12.2 Å². The van der Waals surface area contributed by atoms with Crippen LogP contribution >= 0.6 is 0 Å². The Balaban J connectivity index is 2.13. The molecule has 0 spiro atoms. The number of nitrogens with one attached hydrogen (secondary N) is 1. The molecule has 0 aromatic rings. The van der Waals surface area contributed by atoms with Crippen molar-refractivity contribution in [1.29, 1.82) is 0 Å². The fourth-order valence-corrected chi connectivity index (χ4v) is 3.41. The van der Waals surface area contributed by atoms with Gasteiger partial charge >= 0.3 is 0 Å². The van der Waals surface area contributed by atoms with Crippen molar-refractivity contribution >= 4 is 5.91 Å². The first-order chi connectivity index (χ1) is 8.31. The maximum Gasteiger partial charge on any atom is 0.241 e. The van der Waals surface area contributed by atoms with Crippen LogP contribution in [0.25, 0.3) is 0 Å². The number of carbonyl (C=O) groups excluding carboxylic acids is 1. The molecule has 2 aliphatic rings. The van der Waals surface area contributed by atoms with E-state index in [-0.39, 0.29) is 23.3 Å². The van der Waals surface area contributed by atoms with E-state index in [0.717, 1.165) is 25.0 Å². The van der Waals surface area contributed by atoms with Gasteiger partial charge in [-0.3, -0.25) is 4.79 Å². The van der Waals surface area contributed by atoms with Gasteiger partial charge < -0.3 is 15.8 Å². The van der Waals surface area contributed by atoms with E-state index < -0.39 is 5.54 Å². The van der Waals surface area contributed by atoms with Crippen LogP contribution in [0.15, 0.2) is 12.2 Å². The standard InChI is InChI=1S/C14H24N2O2/c1-9(2)8-16-12(17)14(15)10-6-5-7-18-11(10)13(14,3)4/h10-11H,1,5-8,15H2,2-4H3,(H,16,17). The number of fused-ring (bicyclic) bond motifs is 1. The summed E-state index contributed by atoms with van der Waals surface area (Å²) in [5.74, 6) is 0.0774. The van der Waals surface area contributed by atoms with Crippen LogP contribution in [-0.4, -0.2) is 30.7 Å². The van der Waals surface area contributed by atoms with Crippen LogP contribution in [0.2, 0.25) is 0 Å². The number of amides is 1. The van der Waals surface area contributed by atoms with Gasteiger partial charge in [-0.1, -0.05) is 26.0 Å². The first kappa shape index (κ1) is 13.6. The van der Waals surface area contributed by atoms with Crippen LogP contribution in [0.1, 0.15) is 33.6 Å². The zero-order chi connectivity index (χ0) is 13.6. The highest BCUT2D eigenvalue weighted by Crippen LogP contribution is 2.57. The molecule has 102 valence electrons. The van der Waals surface area contributed by atoms with E-state index in [9.17, 15) is 4.79 Å². The molecule has 1 aliphatic carbocycles. The van der Waals surface area contributed by atoms with Crippen LogP contribution in [0, 0.1) is 11.3 Å². The second-order valence-electron chi connectivity index (χ2n) is 6.27. The number of ether oxygens (including phenoxy) is 1. The molecule has 1 aliphatic heterocycles. The van der Waals surface area contributed by atoms with Crippen molar-refractivity contribution < 1.29 is 9.53 Å². The topological polar surface area (TPSA) is 64.4 Å². The van der Waals surface area contributed by atoms with Crippen molar-refractivity contribution in [2.24, 2.45) is 17.1 Å². The van der Waals surface area contributed by atoms with Crippen LogP contribution in [0.5, 0.6) is 0 Å². The smallest absolute Gasteiger partial charge is 0.241 e. The number of hydrogen-bond acceptors (Lipinski definition) is 3. The maximum atomic E-state index is 12.4. The molecule has 2 rings (SSSR count). The average Bonchev–Trinajstić information content (AvgIpc) is 2.34. The van der Waals surface area contributed by atoms with Gasteiger partial charge in [0.25, 0.3) is 0 Å². The van der Waals surface area contributed by atoms with E-state index in [1.807, 2.05) is 20.8 Å². The Morgan fingerprint density at radius 2 is 2.22 bits per heavy atom. The largest absolute Gasteiger partial charge is 0.377 e. The second-order valence-corrected chi connectivity index (χ2v) is 6.27. The third-order valence-corrected chi connectivity index (χ3v) is 4.61. The molecule has 0 aromatic carbocycles. The van der Waals surface area contributed by atoms with E-state index in [4.69, 9.17) is 10.5 Å². The SMILES string of the molecule is C=C(C)CNC(=O)C1(N)C2CCCOC2C1(C)C. The third kappa shape index (κ3) is 1.70. The van der Waals surface area contributed by atoms with Gasteiger partial charge in [0.05, 0.1) is 6.10 Å². The van der Waals surface area contributed by atoms with E-state index in [0.29, 0.717) is 6.54 Å². The van der Waals surface area contributed by atoms with Gasteiger partial charge in [0.2, 0.25) is 5.91 Å². The van der Waals surface area contributed by atoms with Gasteiger partial charge in [-0.2, -0.15) is 0 Å². The van der Waals surface area contributed by atoms with Gasteiger partial charge in [-0.25, -0.2) is 0 Å². The fraction of sp³-hybridized carbons (Fsp3) is 0.786. The van der Waals surface area contributed by atoms with Crippen molar-refractivity contribution in [2.75, 3.05) is 13.2 Å². The molecular weight excluding hydrogens is 228 g/mol. The molecule has 3 N–H and O–H groups in total. The minimum Gasteiger partial charge on any atom is -0.377 e. The first-order valence-electron chi connectivity index (χ1n) is 6.65. The number of nitrogens with two attached hydrogens (primary N) is 1. The Morgan fingerprint density at radius 3 is 2.83 bits per heavy atom. The molecule has 1 saturated heterocycles. The summed E-state index contributed by atoms with van der Waals surface area (Å²) in [4.78, 5) is 12.4. The summed E-state index contributed by atoms with van der Waals surface area (Å²) < 4.78 is 5.79. The molecule has 0 radical (unpaired) electrons. The zero-order valence-electron chi connectivity index (χ0n) is 11.6. The Morgan fingerprint density at radius 1 is 1.56 bits per heavy atom. The van der Waals surface area contributed by atoms with Crippen LogP contribution in [0.4, 0.5) is 0 Å². The maximum absolute atomic E-state index is 12.4. The van der Waals surface area contributed by atoms with Gasteiger partial charge in [-0.05, 0) is 19.8 Å². The minimum atomic E-state index is -0.812. The highest BCUT2D eigenvalue weighted by molar-refractivity contribution is 5.89. The molecule has 1 heterocycles. The molecule has 3 unspecified atom stereocenters. The molecule has 4 heteroatoms. The normalized spacial score (nSPS) is 37.3. The van der Waals surface area contributed by atoms with E-state index in [2.05, 4.69) is 11.9 Å². The summed E-state index contributed by atoms with van der Waals surface area (Å²) in [5, 5.41) is 2.89. The van der Waals surface area contributed by atoms with Crippen molar-refractivity contribution in [3.63, 3.8) is 0 Å². The van der Waals surface area contributed by atoms with Gasteiger partial charge in [-0.15, -0.1) is 0 Å². The lowest BCUT2D eigenvalue weighted by molar-refractivity contribution is -0.225. The molecule has 0 bridgehead atoms. The van der Waals surface area contributed by atoms with Crippen molar-refractivity contribution in [3.8, 4) is 0 Å². The Kier molecular flexibility index (Phi) is 3.28. The summed E-state index contributed by atoms with van der Waals surface area (Å²) in [6.07, 6.45) is 2.08. The fourth-order valence-electron chi connectivity index (χ4n) is 3.41. The Bertz CT molecular complexity index is 378. The monoisotopic (exact) mass is 252 g/mol. The molecule has 4 nitrogen and oxygen atoms in total. The summed E-state index contributed by atoms with van der Waals surface area (Å²) in [5.41, 5.74) is 6.25. The Hall–Kier alpha value is -0.870. The summed E-state index contributed by atoms with van der Waals surface area (Å²) in [6, 6.07) is 0. The quantitative estimate of drug-likeness (QED) is 0.742. The predicted octanol–water partition coefficient (Wildman–Crippen LogP) is 1.21. The van der Waals surface area contributed by atoms with E-state index in [1.165, 1.54) is 0 Å². The zero-order valence-corrected chi connectivity index (χ0v) is 11.6. The van der Waals surface area contributed by atoms with E-state index >= 15 is 0 Å². The molecule has 3 atom stereocenters. The summed E-state index contributed by atoms with van der Waals surface area (Å²) >= 11 is 0. The Labute approximate surface area is 109 Å². The lowest BCUT2D eigenvalue weighted by Gasteiger charge is -2.65. The highest BCUT2D eigenvalue weighted by atomic mass is 16.5. The molecule has 1 amide bonds. The minimum absolute atomic E-state index is 0.0674. The summed E-state index contributed by atoms with van der Waals surface area (Å²) in [7, 11) is 0. The third-order valence-electron chi connectivity index (χ3n) is 4.61.